The van der Waals surface area contributed by atoms with Gasteiger partial charge < -0.3 is 9.84 Å². The minimum absolute atomic E-state index is 0.168. The molecule has 5 nitrogen and oxygen atoms in total. The first-order chi connectivity index (χ1) is 8.54. The fraction of sp³-hybridized carbons (Fsp3) is 0.455. The summed E-state index contributed by atoms with van der Waals surface area (Å²) in [5.74, 6) is 0. The van der Waals surface area contributed by atoms with Crippen LogP contribution in [0.2, 0.25) is 0 Å². The van der Waals surface area contributed by atoms with E-state index in [-0.39, 0.29) is 18.0 Å². The van der Waals surface area contributed by atoms with Gasteiger partial charge in [0.25, 0.3) is 0 Å². The summed E-state index contributed by atoms with van der Waals surface area (Å²) in [5.41, 5.74) is 0. The number of halogens is 1. The van der Waals surface area contributed by atoms with Gasteiger partial charge in [0.2, 0.25) is 10.0 Å². The molecule has 0 radical (unpaired) electrons. The number of hydrogen-bond acceptors (Lipinski definition) is 4. The number of sulfonamides is 1. The number of ether oxygens (including phenoxy) is 1. The SMILES string of the molecule is O=S(=O)(c1ccc(I)cc1)N1CCOC(CO)C1. The van der Waals surface area contributed by atoms with E-state index in [0.717, 1.165) is 3.57 Å². The van der Waals surface area contributed by atoms with E-state index in [2.05, 4.69) is 22.6 Å². The molecule has 1 unspecified atom stereocenters. The van der Waals surface area contributed by atoms with Crippen LogP contribution < -0.4 is 0 Å². The highest BCUT2D eigenvalue weighted by molar-refractivity contribution is 14.1. The molecule has 1 atom stereocenters. The minimum Gasteiger partial charge on any atom is -0.394 e. The second-order valence-corrected chi connectivity index (χ2v) is 7.18. The number of morpholine rings is 1. The van der Waals surface area contributed by atoms with Crippen molar-refractivity contribution in [2.45, 2.75) is 11.0 Å². The molecule has 0 bridgehead atoms. The van der Waals surface area contributed by atoms with Gasteiger partial charge in [-0.2, -0.15) is 4.31 Å². The molecule has 1 heterocycles. The Labute approximate surface area is 120 Å². The van der Waals surface area contributed by atoms with Crippen molar-refractivity contribution < 1.29 is 18.3 Å². The third-order valence-electron chi connectivity index (χ3n) is 2.76. The van der Waals surface area contributed by atoms with Crippen LogP contribution in [0.25, 0.3) is 0 Å². The molecule has 7 heteroatoms. The molecule has 1 aromatic carbocycles. The lowest BCUT2D eigenvalue weighted by atomic mass is 10.3. The van der Waals surface area contributed by atoms with Crippen molar-refractivity contribution in [1.82, 2.24) is 4.31 Å². The lowest BCUT2D eigenvalue weighted by Gasteiger charge is -2.31. The number of aliphatic hydroxyl groups is 1. The van der Waals surface area contributed by atoms with Crippen molar-refractivity contribution in [2.75, 3.05) is 26.3 Å². The van der Waals surface area contributed by atoms with Crippen molar-refractivity contribution >= 4 is 32.6 Å². The lowest BCUT2D eigenvalue weighted by Crippen LogP contribution is -2.46. The Morgan fingerprint density at radius 3 is 2.67 bits per heavy atom. The lowest BCUT2D eigenvalue weighted by molar-refractivity contribution is -0.0304. The van der Waals surface area contributed by atoms with E-state index < -0.39 is 16.1 Å². The first-order valence-corrected chi connectivity index (χ1v) is 8.04. The molecule has 100 valence electrons. The van der Waals surface area contributed by atoms with Crippen LogP contribution in [0.4, 0.5) is 0 Å². The summed E-state index contributed by atoms with van der Waals surface area (Å²) in [4.78, 5) is 0.279. The van der Waals surface area contributed by atoms with Crippen LogP contribution >= 0.6 is 22.6 Å². The molecule has 0 spiro atoms. The van der Waals surface area contributed by atoms with Crippen LogP contribution in [0.3, 0.4) is 0 Å². The number of rotatable bonds is 3. The first-order valence-electron chi connectivity index (χ1n) is 5.52. The van der Waals surface area contributed by atoms with Crippen molar-refractivity contribution in [3.63, 3.8) is 0 Å². The molecule has 18 heavy (non-hydrogen) atoms. The number of hydrogen-bond donors (Lipinski definition) is 1. The predicted octanol–water partition coefficient (Wildman–Crippen LogP) is 0.673. The Balaban J connectivity index is 2.22. The highest BCUT2D eigenvalue weighted by atomic mass is 127. The Bertz CT molecular complexity index is 502. The normalized spacial score (nSPS) is 22.0. The summed E-state index contributed by atoms with van der Waals surface area (Å²) in [6.07, 6.45) is -0.433. The van der Waals surface area contributed by atoms with Gasteiger partial charge in [0.1, 0.15) is 0 Å². The Hall–Kier alpha value is -0.220. The zero-order valence-corrected chi connectivity index (χ0v) is 12.6. The summed E-state index contributed by atoms with van der Waals surface area (Å²) in [7, 11) is -3.48. The maximum absolute atomic E-state index is 12.3. The van der Waals surface area contributed by atoms with Crippen molar-refractivity contribution in [2.24, 2.45) is 0 Å². The highest BCUT2D eigenvalue weighted by Gasteiger charge is 2.30. The largest absolute Gasteiger partial charge is 0.394 e. The fourth-order valence-electron chi connectivity index (χ4n) is 1.78. The minimum atomic E-state index is -3.48. The van der Waals surface area contributed by atoms with E-state index in [1.807, 2.05) is 0 Å². The van der Waals surface area contributed by atoms with Gasteiger partial charge >= 0.3 is 0 Å². The zero-order chi connectivity index (χ0) is 13.2. The van der Waals surface area contributed by atoms with Gasteiger partial charge in [-0.1, -0.05) is 0 Å². The monoisotopic (exact) mass is 383 g/mol. The second-order valence-electron chi connectivity index (χ2n) is 3.99. The molecule has 0 aromatic heterocycles. The average molecular weight is 383 g/mol. The second kappa shape index (κ2) is 5.83. The van der Waals surface area contributed by atoms with Gasteiger partial charge in [-0.15, -0.1) is 0 Å². The van der Waals surface area contributed by atoms with Crippen molar-refractivity contribution in [3.05, 3.63) is 27.8 Å². The van der Waals surface area contributed by atoms with Crippen LogP contribution in [0.15, 0.2) is 29.2 Å². The average Bonchev–Trinajstić information content (AvgIpc) is 2.39. The molecule has 1 aliphatic rings. The number of benzene rings is 1. The van der Waals surface area contributed by atoms with Crippen LogP contribution in [0, 0.1) is 3.57 Å². The van der Waals surface area contributed by atoms with E-state index in [1.165, 1.54) is 4.31 Å². The number of aliphatic hydroxyl groups excluding tert-OH is 1. The van der Waals surface area contributed by atoms with E-state index >= 15 is 0 Å². The highest BCUT2D eigenvalue weighted by Crippen LogP contribution is 2.19. The topological polar surface area (TPSA) is 66.8 Å². The van der Waals surface area contributed by atoms with Gasteiger partial charge in [-0.25, -0.2) is 8.42 Å². The van der Waals surface area contributed by atoms with Crippen LogP contribution in [-0.2, 0) is 14.8 Å². The number of nitrogens with zero attached hydrogens (tertiary/aromatic N) is 1. The van der Waals surface area contributed by atoms with Gasteiger partial charge in [0.05, 0.1) is 24.2 Å². The van der Waals surface area contributed by atoms with Gasteiger partial charge in [-0.05, 0) is 46.9 Å². The summed E-state index contributed by atoms with van der Waals surface area (Å²) >= 11 is 2.13. The third-order valence-corrected chi connectivity index (χ3v) is 5.36. The molecule has 1 aromatic rings. The van der Waals surface area contributed by atoms with E-state index in [1.54, 1.807) is 24.3 Å². The van der Waals surface area contributed by atoms with Crippen LogP contribution in [-0.4, -0.2) is 50.2 Å². The Morgan fingerprint density at radius 2 is 2.06 bits per heavy atom. The van der Waals surface area contributed by atoms with E-state index in [4.69, 9.17) is 9.84 Å². The Morgan fingerprint density at radius 1 is 1.39 bits per heavy atom. The van der Waals surface area contributed by atoms with Gasteiger partial charge in [0, 0.05) is 16.7 Å². The summed E-state index contributed by atoms with van der Waals surface area (Å²) < 4.78 is 32.3. The molecular weight excluding hydrogens is 369 g/mol. The van der Waals surface area contributed by atoms with Crippen LogP contribution in [0.1, 0.15) is 0 Å². The van der Waals surface area contributed by atoms with Crippen LogP contribution in [0.5, 0.6) is 0 Å². The van der Waals surface area contributed by atoms with Crippen molar-refractivity contribution in [1.29, 1.82) is 0 Å². The molecule has 1 fully saturated rings. The maximum Gasteiger partial charge on any atom is 0.243 e. The summed E-state index contributed by atoms with van der Waals surface area (Å²) in [6.45, 7) is 0.670. The van der Waals surface area contributed by atoms with Gasteiger partial charge in [-0.3, -0.25) is 0 Å². The Kier molecular flexibility index (Phi) is 4.59. The third kappa shape index (κ3) is 3.02. The summed E-state index contributed by atoms with van der Waals surface area (Å²) in [6, 6.07) is 6.72. The summed E-state index contributed by atoms with van der Waals surface area (Å²) in [5, 5.41) is 9.03. The van der Waals surface area contributed by atoms with Gasteiger partial charge in [0.15, 0.2) is 0 Å². The maximum atomic E-state index is 12.3. The smallest absolute Gasteiger partial charge is 0.243 e. The van der Waals surface area contributed by atoms with Crippen molar-refractivity contribution in [3.8, 4) is 0 Å². The molecule has 0 aliphatic carbocycles. The molecule has 0 saturated carbocycles. The molecule has 1 saturated heterocycles. The van der Waals surface area contributed by atoms with E-state index in [9.17, 15) is 8.42 Å². The van der Waals surface area contributed by atoms with E-state index in [0.29, 0.717) is 13.2 Å². The molecular formula is C11H14INO4S. The molecule has 0 amide bonds. The fourth-order valence-corrected chi connectivity index (χ4v) is 3.59. The quantitative estimate of drug-likeness (QED) is 0.780. The molecule has 2 rings (SSSR count). The predicted molar refractivity (Wildman–Crippen MR) is 74.7 cm³/mol. The molecule has 1 aliphatic heterocycles. The first kappa shape index (κ1) is 14.2. The molecule has 1 N–H and O–H groups in total. The zero-order valence-electron chi connectivity index (χ0n) is 9.62. The standard InChI is InChI=1S/C11H14INO4S/c12-9-1-3-11(4-2-9)18(15,16)13-5-6-17-10(7-13)8-14/h1-4,10,14H,5-8H2.